The van der Waals surface area contributed by atoms with Crippen LogP contribution in [-0.4, -0.2) is 39.0 Å². The fraction of sp³-hybridized carbons (Fsp3) is 0. The fourth-order valence-corrected chi connectivity index (χ4v) is 14.6. The second-order valence-corrected chi connectivity index (χ2v) is 25.8. The van der Waals surface area contributed by atoms with Crippen LogP contribution in [0.4, 0.5) is 0 Å². The third-order valence-electron chi connectivity index (χ3n) is 19.7. The maximum Gasteiger partial charge on any atom is 0.166 e. The van der Waals surface area contributed by atoms with Gasteiger partial charge in [-0.25, -0.2) is 29.9 Å². The van der Waals surface area contributed by atoms with Crippen LogP contribution in [0.2, 0.25) is 0 Å². The lowest BCUT2D eigenvalue weighted by atomic mass is 9.96. The summed E-state index contributed by atoms with van der Waals surface area (Å²) in [7, 11) is 0. The average Bonchev–Trinajstić information content (AvgIpc) is 1.72. The van der Waals surface area contributed by atoms with Crippen LogP contribution in [0.1, 0.15) is 22.3 Å². The van der Waals surface area contributed by atoms with Gasteiger partial charge in [0.15, 0.2) is 34.9 Å². The molecule has 18 rings (SSSR count). The van der Waals surface area contributed by atoms with Gasteiger partial charge in [0.2, 0.25) is 0 Å². The predicted octanol–water partition coefficient (Wildman–Crippen LogP) is 22.1. The highest BCUT2D eigenvalue weighted by molar-refractivity contribution is 6.14. The first kappa shape index (κ1) is 62.9. The smallest absolute Gasteiger partial charge is 0.166 e. The number of benzene rings is 14. The molecule has 12 heteroatoms. The molecule has 4 aromatic heterocycles. The van der Waals surface area contributed by atoms with Gasteiger partial charge in [0.05, 0.1) is 80.0 Å². The summed E-state index contributed by atoms with van der Waals surface area (Å²) in [5, 5.41) is 45.5. The Morgan fingerprint density at radius 1 is 0.189 bits per heavy atom. The van der Waals surface area contributed by atoms with E-state index in [0.29, 0.717) is 68.3 Å². The number of fused-ring (bicyclic) bond motifs is 6. The van der Waals surface area contributed by atoms with Crippen LogP contribution in [0.5, 0.6) is 0 Å². The molecule has 0 aliphatic carbocycles. The molecule has 0 amide bonds. The maximum atomic E-state index is 10.5. The summed E-state index contributed by atoms with van der Waals surface area (Å²) < 4.78 is 4.54. The molecule has 490 valence electrons. The molecule has 106 heavy (non-hydrogen) atoms. The van der Waals surface area contributed by atoms with Gasteiger partial charge in [-0.15, -0.1) is 0 Å². The molecule has 0 saturated carbocycles. The third-order valence-corrected chi connectivity index (χ3v) is 19.7. The molecule has 18 aromatic rings. The first-order valence-electron chi connectivity index (χ1n) is 34.5. The molecule has 0 aliphatic rings. The highest BCUT2D eigenvalue weighted by Crippen LogP contribution is 2.45. The van der Waals surface area contributed by atoms with Gasteiger partial charge in [-0.1, -0.05) is 231 Å². The van der Waals surface area contributed by atoms with E-state index in [2.05, 4.69) is 143 Å². The van der Waals surface area contributed by atoms with Crippen LogP contribution in [0.25, 0.3) is 179 Å². The highest BCUT2D eigenvalue weighted by Gasteiger charge is 2.26. The third kappa shape index (κ3) is 11.2. The lowest BCUT2D eigenvalue weighted by Crippen LogP contribution is -2.05. The van der Waals surface area contributed by atoms with Crippen molar-refractivity contribution in [1.82, 2.24) is 39.0 Å². The van der Waals surface area contributed by atoms with E-state index in [9.17, 15) is 21.0 Å². The summed E-state index contributed by atoms with van der Waals surface area (Å²) in [6, 6.07) is 119. The van der Waals surface area contributed by atoms with Crippen LogP contribution in [0, 0.1) is 45.3 Å². The van der Waals surface area contributed by atoms with Gasteiger partial charge in [0, 0.05) is 54.9 Å². The standard InChI is InChI=1S/C94H54N12/c95-55-69-29-13-17-33-73(69)65-39-45-83-77(51-65)78-52-66(74-34-18-14-30-70(74)56-96)40-46-84(78)105(83)87-43-37-63(49-81(87)93-101-89(59-21-5-1-6-22-59)99-90(102-93)60-23-7-2-8-24-60)64-38-44-88(82(50-64)94-103-91(61-25-9-3-10-26-61)100-92(104-94)62-27-11-4-12-28-62)106-85-47-41-67(75-35-19-15-31-71(75)57-97)53-79(85)80-54-68(42-48-86(80)106)76-36-20-16-32-72(76)58-98/h1-54H. The molecule has 0 bridgehead atoms. The minimum Gasteiger partial charge on any atom is -0.308 e. The van der Waals surface area contributed by atoms with Crippen molar-refractivity contribution in [2.45, 2.75) is 0 Å². The Morgan fingerprint density at radius 3 is 0.670 bits per heavy atom. The Morgan fingerprint density at radius 2 is 0.415 bits per heavy atom. The maximum absolute atomic E-state index is 10.5. The van der Waals surface area contributed by atoms with Crippen LogP contribution >= 0.6 is 0 Å². The normalized spacial score (nSPS) is 11.2. The molecule has 0 saturated heterocycles. The van der Waals surface area contributed by atoms with Crippen molar-refractivity contribution in [2.24, 2.45) is 0 Å². The summed E-state index contributed by atoms with van der Waals surface area (Å²) in [5.74, 6) is 2.80. The summed E-state index contributed by atoms with van der Waals surface area (Å²) in [6.07, 6.45) is 0. The molecule has 14 aromatic carbocycles. The number of rotatable bonds is 13. The van der Waals surface area contributed by atoms with Crippen LogP contribution < -0.4 is 0 Å². The van der Waals surface area contributed by atoms with Crippen molar-refractivity contribution in [3.8, 4) is 160 Å². The van der Waals surface area contributed by atoms with Gasteiger partial charge in [0.1, 0.15) is 0 Å². The summed E-state index contributed by atoms with van der Waals surface area (Å²) in [6.45, 7) is 0. The second kappa shape index (κ2) is 26.6. The van der Waals surface area contributed by atoms with E-state index in [4.69, 9.17) is 29.9 Å². The van der Waals surface area contributed by atoms with E-state index in [0.717, 1.165) is 133 Å². The van der Waals surface area contributed by atoms with Crippen molar-refractivity contribution < 1.29 is 0 Å². The van der Waals surface area contributed by atoms with Crippen molar-refractivity contribution in [3.63, 3.8) is 0 Å². The van der Waals surface area contributed by atoms with E-state index in [1.807, 2.05) is 218 Å². The minimum absolute atomic E-state index is 0.423. The van der Waals surface area contributed by atoms with E-state index in [1.165, 1.54) is 0 Å². The zero-order valence-corrected chi connectivity index (χ0v) is 56.5. The van der Waals surface area contributed by atoms with E-state index < -0.39 is 0 Å². The van der Waals surface area contributed by atoms with Crippen LogP contribution in [0.3, 0.4) is 0 Å². The van der Waals surface area contributed by atoms with Gasteiger partial charge >= 0.3 is 0 Å². The second-order valence-electron chi connectivity index (χ2n) is 25.8. The Kier molecular flexibility index (Phi) is 15.8. The first-order valence-corrected chi connectivity index (χ1v) is 34.5. The van der Waals surface area contributed by atoms with E-state index >= 15 is 0 Å². The number of nitriles is 4. The Hall–Kier alpha value is -15.3. The number of hydrogen-bond acceptors (Lipinski definition) is 10. The van der Waals surface area contributed by atoms with E-state index in [1.54, 1.807) is 0 Å². The summed E-state index contributed by atoms with van der Waals surface area (Å²) in [4.78, 5) is 32.3. The van der Waals surface area contributed by atoms with Gasteiger partial charge in [-0.05, 0) is 153 Å². The molecular formula is C94H54N12. The van der Waals surface area contributed by atoms with Crippen molar-refractivity contribution in [2.75, 3.05) is 0 Å². The number of nitrogens with zero attached hydrogens (tertiary/aromatic N) is 12. The summed E-state index contributed by atoms with van der Waals surface area (Å²) >= 11 is 0. The lowest BCUT2D eigenvalue weighted by Gasteiger charge is -2.18. The largest absolute Gasteiger partial charge is 0.308 e. The van der Waals surface area contributed by atoms with E-state index in [-0.39, 0.29) is 0 Å². The van der Waals surface area contributed by atoms with Crippen LogP contribution in [-0.2, 0) is 0 Å². The topological polar surface area (TPSA) is 182 Å². The Balaban J connectivity index is 0.924. The zero-order valence-electron chi connectivity index (χ0n) is 56.5. The molecule has 4 heterocycles. The molecule has 0 aliphatic heterocycles. The van der Waals surface area contributed by atoms with Crippen molar-refractivity contribution in [3.05, 3.63) is 350 Å². The Labute approximate surface area is 609 Å². The molecular weight excluding hydrogens is 1300 g/mol. The van der Waals surface area contributed by atoms with Crippen molar-refractivity contribution in [1.29, 1.82) is 21.0 Å². The van der Waals surface area contributed by atoms with Crippen molar-refractivity contribution >= 4 is 43.6 Å². The highest BCUT2D eigenvalue weighted by atomic mass is 15.1. The number of aromatic nitrogens is 8. The van der Waals surface area contributed by atoms with Gasteiger partial charge in [-0.2, -0.15) is 21.0 Å². The minimum atomic E-state index is 0.423. The lowest BCUT2D eigenvalue weighted by molar-refractivity contribution is 1.06. The zero-order chi connectivity index (χ0) is 71.2. The van der Waals surface area contributed by atoms with Gasteiger partial charge in [0.25, 0.3) is 0 Å². The average molecular weight is 1350 g/mol. The Bertz CT molecular complexity index is 6000. The number of hydrogen-bond donors (Lipinski definition) is 0. The molecule has 0 radical (unpaired) electrons. The summed E-state index contributed by atoms with van der Waals surface area (Å²) in [5.41, 5.74) is 20.3. The SMILES string of the molecule is N#Cc1ccccc1-c1ccc2c(c1)c1cc(-c3ccccc3C#N)ccc1n2-c1ccc(-c2ccc(-n3c4ccc(-c5ccccc5C#N)cc4c4cc(-c5ccccc5C#N)ccc43)c(-c3nc(-c4ccccc4)nc(-c4ccccc4)n3)c2)cc1-c1nc(-c2ccccc2)nc(-c2ccccc2)n1. The molecule has 0 spiro atoms. The monoisotopic (exact) mass is 1350 g/mol. The van der Waals surface area contributed by atoms with Gasteiger partial charge < -0.3 is 9.13 Å². The quantitative estimate of drug-likeness (QED) is 0.108. The molecule has 0 atom stereocenters. The molecule has 0 unspecified atom stereocenters. The first-order chi connectivity index (χ1) is 52.4. The predicted molar refractivity (Wildman–Crippen MR) is 421 cm³/mol. The van der Waals surface area contributed by atoms with Gasteiger partial charge in [-0.3, -0.25) is 0 Å². The molecule has 0 fully saturated rings. The molecule has 0 N–H and O–H groups in total. The van der Waals surface area contributed by atoms with Crippen LogP contribution in [0.15, 0.2) is 328 Å². The fourth-order valence-electron chi connectivity index (χ4n) is 14.6. The molecule has 12 nitrogen and oxygen atoms in total.